The number of sulfone groups is 1. The molecule has 1 N–H and O–H groups in total. The van der Waals surface area contributed by atoms with Gasteiger partial charge in [0.05, 0.1) is 31.2 Å². The van der Waals surface area contributed by atoms with Crippen molar-refractivity contribution >= 4 is 27.7 Å². The monoisotopic (exact) mass is 376 g/mol. The maximum atomic E-state index is 12.4. The molecule has 0 bridgehead atoms. The number of fused-ring (bicyclic) bond motifs is 1. The number of hydrogen-bond acceptors (Lipinski definition) is 7. The summed E-state index contributed by atoms with van der Waals surface area (Å²) < 4.78 is 28.6. The van der Waals surface area contributed by atoms with E-state index in [0.29, 0.717) is 13.1 Å². The highest BCUT2D eigenvalue weighted by atomic mass is 32.2. The minimum absolute atomic E-state index is 0.0768. The standard InChI is InChI=1S/C14H24N4O6S/c1-16(2)13(20)7-17-4-5-18(12(19)6-15-14(21)24-3)11-9-25(22,23)8-10(11)17/h10-11H,4-9H2,1-3H3,(H,15,21)/t10-,11+/m0/s1. The number of likely N-dealkylation sites (N-methyl/N-ethyl adjacent to an activating group) is 1. The lowest BCUT2D eigenvalue weighted by Crippen LogP contribution is -2.62. The summed E-state index contributed by atoms with van der Waals surface area (Å²) in [5.74, 6) is -0.688. The van der Waals surface area contributed by atoms with Crippen LogP contribution < -0.4 is 5.32 Å². The third-order valence-electron chi connectivity index (χ3n) is 4.52. The lowest BCUT2D eigenvalue weighted by atomic mass is 10.0. The Labute approximate surface area is 147 Å². The number of alkyl carbamates (subject to hydrolysis) is 1. The van der Waals surface area contributed by atoms with Crippen LogP contribution in [0, 0.1) is 0 Å². The lowest BCUT2D eigenvalue weighted by Gasteiger charge is -2.43. The van der Waals surface area contributed by atoms with Gasteiger partial charge in [0.1, 0.15) is 6.54 Å². The fourth-order valence-corrected chi connectivity index (χ4v) is 5.18. The largest absolute Gasteiger partial charge is 0.453 e. The first kappa shape index (κ1) is 19.4. The second-order valence-corrected chi connectivity index (χ2v) is 8.56. The van der Waals surface area contributed by atoms with Crippen molar-refractivity contribution in [3.05, 3.63) is 0 Å². The molecule has 10 nitrogen and oxygen atoms in total. The molecule has 25 heavy (non-hydrogen) atoms. The molecule has 2 fully saturated rings. The SMILES string of the molecule is COC(=O)NCC(=O)N1CCN(CC(=O)N(C)C)[C@H]2CS(=O)(=O)C[C@H]21. The maximum Gasteiger partial charge on any atom is 0.407 e. The van der Waals surface area contributed by atoms with E-state index in [2.05, 4.69) is 10.1 Å². The lowest BCUT2D eigenvalue weighted by molar-refractivity contribution is -0.137. The van der Waals surface area contributed by atoms with Gasteiger partial charge in [0.25, 0.3) is 0 Å². The van der Waals surface area contributed by atoms with Crippen LogP contribution in [-0.2, 0) is 24.2 Å². The molecule has 0 aromatic carbocycles. The van der Waals surface area contributed by atoms with Crippen LogP contribution in [0.1, 0.15) is 0 Å². The van der Waals surface area contributed by atoms with Crippen molar-refractivity contribution in [1.82, 2.24) is 20.0 Å². The van der Waals surface area contributed by atoms with Gasteiger partial charge < -0.3 is 19.9 Å². The van der Waals surface area contributed by atoms with E-state index >= 15 is 0 Å². The van der Waals surface area contributed by atoms with Crippen LogP contribution >= 0.6 is 0 Å². The normalized spacial score (nSPS) is 25.2. The van der Waals surface area contributed by atoms with E-state index in [1.165, 1.54) is 16.9 Å². The molecular weight excluding hydrogens is 352 g/mol. The third kappa shape index (κ3) is 4.60. The highest BCUT2D eigenvalue weighted by Crippen LogP contribution is 2.27. The van der Waals surface area contributed by atoms with Gasteiger partial charge in [0, 0.05) is 33.2 Å². The summed E-state index contributed by atoms with van der Waals surface area (Å²) in [6, 6.07) is -0.926. The van der Waals surface area contributed by atoms with Crippen molar-refractivity contribution < 1.29 is 27.5 Å². The number of hydrogen-bond donors (Lipinski definition) is 1. The number of nitrogens with zero attached hydrogens (tertiary/aromatic N) is 3. The smallest absolute Gasteiger partial charge is 0.407 e. The minimum atomic E-state index is -3.29. The third-order valence-corrected chi connectivity index (χ3v) is 6.22. The van der Waals surface area contributed by atoms with E-state index in [-0.39, 0.29) is 36.4 Å². The Balaban J connectivity index is 2.10. The van der Waals surface area contributed by atoms with Crippen LogP contribution in [0.15, 0.2) is 0 Å². The van der Waals surface area contributed by atoms with E-state index in [0.717, 1.165) is 0 Å². The van der Waals surface area contributed by atoms with Crippen LogP contribution in [-0.4, -0.2) is 112 Å². The first-order valence-electron chi connectivity index (χ1n) is 7.90. The van der Waals surface area contributed by atoms with Gasteiger partial charge >= 0.3 is 6.09 Å². The first-order chi connectivity index (χ1) is 11.6. The summed E-state index contributed by atoms with van der Waals surface area (Å²) in [5.41, 5.74) is 0. The number of rotatable bonds is 4. The van der Waals surface area contributed by atoms with Crippen molar-refractivity contribution in [2.75, 3.05) is 58.9 Å². The van der Waals surface area contributed by atoms with Gasteiger partial charge in [-0.05, 0) is 0 Å². The molecule has 11 heteroatoms. The van der Waals surface area contributed by atoms with Crippen molar-refractivity contribution in [2.24, 2.45) is 0 Å². The topological polar surface area (TPSA) is 116 Å². The summed E-state index contributed by atoms with van der Waals surface area (Å²) in [4.78, 5) is 40.2. The Hall–Kier alpha value is -1.88. The summed E-state index contributed by atoms with van der Waals surface area (Å²) in [5, 5.41) is 2.31. The number of carbonyl (C=O) groups excluding carboxylic acids is 3. The molecule has 0 aromatic heterocycles. The Morgan fingerprint density at radius 3 is 2.40 bits per heavy atom. The van der Waals surface area contributed by atoms with Crippen molar-refractivity contribution in [1.29, 1.82) is 0 Å². The van der Waals surface area contributed by atoms with E-state index in [4.69, 9.17) is 0 Å². The molecule has 142 valence electrons. The van der Waals surface area contributed by atoms with E-state index in [1.54, 1.807) is 14.1 Å². The average molecular weight is 376 g/mol. The number of amides is 3. The molecule has 2 saturated heterocycles. The molecule has 0 aromatic rings. The molecule has 2 atom stereocenters. The maximum absolute atomic E-state index is 12.4. The molecule has 2 heterocycles. The van der Waals surface area contributed by atoms with Crippen LogP contribution in [0.2, 0.25) is 0 Å². The Bertz CT molecular complexity index is 650. The average Bonchev–Trinajstić information content (AvgIpc) is 2.87. The minimum Gasteiger partial charge on any atom is -0.453 e. The Morgan fingerprint density at radius 2 is 1.80 bits per heavy atom. The Morgan fingerprint density at radius 1 is 1.16 bits per heavy atom. The molecule has 2 aliphatic rings. The summed E-state index contributed by atoms with van der Waals surface area (Å²) in [7, 11) is 1.19. The summed E-state index contributed by atoms with van der Waals surface area (Å²) >= 11 is 0. The van der Waals surface area contributed by atoms with E-state index in [9.17, 15) is 22.8 Å². The van der Waals surface area contributed by atoms with Crippen LogP contribution in [0.5, 0.6) is 0 Å². The molecular formula is C14H24N4O6S. The highest BCUT2D eigenvalue weighted by Gasteiger charge is 2.48. The zero-order chi connectivity index (χ0) is 18.8. The second-order valence-electron chi connectivity index (χ2n) is 6.40. The molecule has 0 saturated carbocycles. The fourth-order valence-electron chi connectivity index (χ4n) is 3.17. The molecule has 2 aliphatic heterocycles. The van der Waals surface area contributed by atoms with Gasteiger partial charge in [-0.25, -0.2) is 13.2 Å². The number of ether oxygens (including phenoxy) is 1. The predicted molar refractivity (Wildman–Crippen MR) is 88.6 cm³/mol. The molecule has 0 aliphatic carbocycles. The van der Waals surface area contributed by atoms with Gasteiger partial charge in [-0.2, -0.15) is 0 Å². The van der Waals surface area contributed by atoms with Crippen LogP contribution in [0.3, 0.4) is 0 Å². The predicted octanol–water partition coefficient (Wildman–Crippen LogP) is -2.26. The molecule has 0 spiro atoms. The van der Waals surface area contributed by atoms with Crippen molar-refractivity contribution in [3.63, 3.8) is 0 Å². The van der Waals surface area contributed by atoms with Gasteiger partial charge in [0.15, 0.2) is 9.84 Å². The molecule has 0 unspecified atom stereocenters. The number of nitrogens with one attached hydrogen (secondary N) is 1. The van der Waals surface area contributed by atoms with Gasteiger partial charge in [-0.1, -0.05) is 0 Å². The summed E-state index contributed by atoms with van der Waals surface area (Å²) in [6.45, 7) is 0.567. The zero-order valence-electron chi connectivity index (χ0n) is 14.6. The molecule has 2 rings (SSSR count). The Kier molecular flexibility index (Phi) is 5.88. The fraction of sp³-hybridized carbons (Fsp3) is 0.786. The van der Waals surface area contributed by atoms with Crippen LogP contribution in [0.25, 0.3) is 0 Å². The summed E-state index contributed by atoms with van der Waals surface area (Å²) in [6.07, 6.45) is -0.723. The first-order valence-corrected chi connectivity index (χ1v) is 9.72. The van der Waals surface area contributed by atoms with Gasteiger partial charge in [0.2, 0.25) is 11.8 Å². The van der Waals surface area contributed by atoms with Gasteiger partial charge in [-0.15, -0.1) is 0 Å². The van der Waals surface area contributed by atoms with Crippen molar-refractivity contribution in [2.45, 2.75) is 12.1 Å². The van der Waals surface area contributed by atoms with Crippen molar-refractivity contribution in [3.8, 4) is 0 Å². The van der Waals surface area contributed by atoms with E-state index < -0.39 is 28.0 Å². The van der Waals surface area contributed by atoms with E-state index in [1.807, 2.05) is 4.90 Å². The van der Waals surface area contributed by atoms with Gasteiger partial charge in [-0.3, -0.25) is 14.5 Å². The van der Waals surface area contributed by atoms with Crippen LogP contribution in [0.4, 0.5) is 4.79 Å². The second kappa shape index (κ2) is 7.56. The quantitative estimate of drug-likeness (QED) is 0.589. The number of carbonyl (C=O) groups is 3. The zero-order valence-corrected chi connectivity index (χ0v) is 15.4. The molecule has 3 amide bonds. The highest BCUT2D eigenvalue weighted by molar-refractivity contribution is 7.91. The molecule has 0 radical (unpaired) electrons. The number of methoxy groups -OCH3 is 1. The number of piperazine rings is 1.